The number of aliphatic imine (C=N–C) groups is 1. The van der Waals surface area contributed by atoms with Crippen LogP contribution in [-0.4, -0.2) is 18.3 Å². The molecule has 5 heteroatoms. The summed E-state index contributed by atoms with van der Waals surface area (Å²) in [6.45, 7) is 2.31. The highest BCUT2D eigenvalue weighted by atomic mass is 32.2. The number of hydrazine groups is 1. The summed E-state index contributed by atoms with van der Waals surface area (Å²) in [6.07, 6.45) is 5.16. The first kappa shape index (κ1) is 15.3. The molecular formula is C17H23N3OS. The number of hydrogen-bond acceptors (Lipinski definition) is 4. The Morgan fingerprint density at radius 1 is 1.14 bits per heavy atom. The first-order valence-electron chi connectivity index (χ1n) is 7.87. The molecule has 22 heavy (non-hydrogen) atoms. The second kappa shape index (κ2) is 7.09. The summed E-state index contributed by atoms with van der Waals surface area (Å²) < 4.78 is 5.19. The van der Waals surface area contributed by atoms with Crippen LogP contribution in [0.25, 0.3) is 5.70 Å². The van der Waals surface area contributed by atoms with Gasteiger partial charge >= 0.3 is 0 Å². The van der Waals surface area contributed by atoms with Crippen LogP contribution < -0.4 is 15.6 Å². The second-order valence-electron chi connectivity index (χ2n) is 5.89. The standard InChI is InChI=1S/C17H23N3OS/c1-12-5-3-4-6-15(12)18-17-20-19-16(11-22-17)13-7-9-14(21-2)10-8-13/h7-12,15,19H,3-6H2,1-2H3,(H,18,20)/t12-,15+/m0/s1. The molecule has 2 aliphatic rings. The Morgan fingerprint density at radius 3 is 2.55 bits per heavy atom. The Kier molecular flexibility index (Phi) is 4.93. The minimum Gasteiger partial charge on any atom is -0.497 e. The van der Waals surface area contributed by atoms with Crippen molar-refractivity contribution in [2.24, 2.45) is 10.9 Å². The fourth-order valence-corrected chi connectivity index (χ4v) is 3.64. The van der Waals surface area contributed by atoms with Crippen molar-refractivity contribution in [1.29, 1.82) is 0 Å². The molecule has 4 nitrogen and oxygen atoms in total. The lowest BCUT2D eigenvalue weighted by atomic mass is 9.86. The van der Waals surface area contributed by atoms with Gasteiger partial charge < -0.3 is 4.74 Å². The van der Waals surface area contributed by atoms with Gasteiger partial charge in [-0.25, -0.2) is 0 Å². The molecule has 0 aromatic heterocycles. The first-order valence-corrected chi connectivity index (χ1v) is 8.75. The predicted octanol–water partition coefficient (Wildman–Crippen LogP) is 3.77. The van der Waals surface area contributed by atoms with E-state index in [1.807, 2.05) is 24.3 Å². The lowest BCUT2D eigenvalue weighted by molar-refractivity contribution is 0.332. The maximum Gasteiger partial charge on any atom is 0.180 e. The Labute approximate surface area is 136 Å². The second-order valence-corrected chi connectivity index (χ2v) is 6.75. The molecule has 1 saturated carbocycles. The minimum absolute atomic E-state index is 0.460. The molecule has 118 valence electrons. The Morgan fingerprint density at radius 2 is 1.91 bits per heavy atom. The number of thioether (sulfide) groups is 1. The van der Waals surface area contributed by atoms with Gasteiger partial charge in [-0.05, 0) is 43.0 Å². The monoisotopic (exact) mass is 317 g/mol. The van der Waals surface area contributed by atoms with E-state index in [2.05, 4.69) is 23.2 Å². The van der Waals surface area contributed by atoms with Gasteiger partial charge in [-0.3, -0.25) is 15.8 Å². The van der Waals surface area contributed by atoms with Crippen molar-refractivity contribution < 1.29 is 4.74 Å². The summed E-state index contributed by atoms with van der Waals surface area (Å²) in [5.74, 6) is 1.56. The lowest BCUT2D eigenvalue weighted by Gasteiger charge is -2.27. The highest BCUT2D eigenvalue weighted by molar-refractivity contribution is 8.16. The number of rotatable bonds is 3. The molecule has 2 atom stereocenters. The van der Waals surface area contributed by atoms with E-state index in [1.54, 1.807) is 18.9 Å². The highest BCUT2D eigenvalue weighted by Crippen LogP contribution is 2.28. The summed E-state index contributed by atoms with van der Waals surface area (Å²) in [6, 6.07) is 8.49. The quantitative estimate of drug-likeness (QED) is 0.891. The number of hydrogen-bond donors (Lipinski definition) is 2. The number of benzene rings is 1. The first-order chi connectivity index (χ1) is 10.8. The van der Waals surface area contributed by atoms with Crippen molar-refractivity contribution in [2.75, 3.05) is 7.11 Å². The molecule has 1 aromatic rings. The average molecular weight is 317 g/mol. The van der Waals surface area contributed by atoms with Crippen LogP contribution >= 0.6 is 11.8 Å². The lowest BCUT2D eigenvalue weighted by Crippen LogP contribution is -2.38. The molecule has 1 fully saturated rings. The van der Waals surface area contributed by atoms with Crippen molar-refractivity contribution in [3.8, 4) is 5.75 Å². The van der Waals surface area contributed by atoms with Gasteiger partial charge in [0.1, 0.15) is 5.75 Å². The molecule has 3 rings (SSSR count). The molecule has 0 spiro atoms. The fraction of sp³-hybridized carbons (Fsp3) is 0.471. The Hall–Kier alpha value is -1.62. The summed E-state index contributed by atoms with van der Waals surface area (Å²) in [5.41, 5.74) is 8.66. The average Bonchev–Trinajstić information content (AvgIpc) is 2.58. The third-order valence-corrected chi connectivity index (χ3v) is 5.13. The van der Waals surface area contributed by atoms with E-state index < -0.39 is 0 Å². The van der Waals surface area contributed by atoms with Crippen LogP contribution in [0.15, 0.2) is 34.7 Å². The molecule has 0 radical (unpaired) electrons. The number of ether oxygens (including phenoxy) is 1. The molecule has 0 amide bonds. The van der Waals surface area contributed by atoms with Gasteiger partial charge in [0, 0.05) is 11.0 Å². The molecule has 2 N–H and O–H groups in total. The van der Waals surface area contributed by atoms with E-state index in [0.29, 0.717) is 12.0 Å². The van der Waals surface area contributed by atoms with Gasteiger partial charge in [0.25, 0.3) is 0 Å². The van der Waals surface area contributed by atoms with Gasteiger partial charge in [0.05, 0.1) is 18.8 Å². The Bertz CT molecular complexity index is 568. The molecule has 1 aliphatic carbocycles. The van der Waals surface area contributed by atoms with E-state index in [-0.39, 0.29) is 0 Å². The maximum absolute atomic E-state index is 5.19. The summed E-state index contributed by atoms with van der Waals surface area (Å²) in [5, 5.41) is 3.08. The van der Waals surface area contributed by atoms with Gasteiger partial charge in [0.15, 0.2) is 5.17 Å². The summed E-state index contributed by atoms with van der Waals surface area (Å²) >= 11 is 1.65. The number of nitrogens with one attached hydrogen (secondary N) is 2. The van der Waals surface area contributed by atoms with Crippen molar-refractivity contribution in [3.05, 3.63) is 35.2 Å². The SMILES string of the molecule is COc1ccc(C2=CSC(=N[C@@H]3CCCC[C@@H]3C)NN2)cc1. The van der Waals surface area contributed by atoms with E-state index in [9.17, 15) is 0 Å². The van der Waals surface area contributed by atoms with Gasteiger partial charge in [-0.15, -0.1) is 0 Å². The van der Waals surface area contributed by atoms with Crippen LogP contribution in [-0.2, 0) is 0 Å². The predicted molar refractivity (Wildman–Crippen MR) is 93.7 cm³/mol. The third kappa shape index (κ3) is 3.58. The van der Waals surface area contributed by atoms with Crippen LogP contribution in [0.3, 0.4) is 0 Å². The zero-order valence-electron chi connectivity index (χ0n) is 13.1. The zero-order valence-corrected chi connectivity index (χ0v) is 14.0. The summed E-state index contributed by atoms with van der Waals surface area (Å²) in [7, 11) is 1.68. The number of methoxy groups -OCH3 is 1. The van der Waals surface area contributed by atoms with Crippen molar-refractivity contribution in [1.82, 2.24) is 10.9 Å². The topological polar surface area (TPSA) is 45.6 Å². The summed E-state index contributed by atoms with van der Waals surface area (Å²) in [4.78, 5) is 4.87. The third-order valence-electron chi connectivity index (χ3n) is 4.34. The van der Waals surface area contributed by atoms with Crippen LogP contribution in [0.1, 0.15) is 38.2 Å². The fourth-order valence-electron chi connectivity index (χ4n) is 2.91. The smallest absolute Gasteiger partial charge is 0.180 e. The number of nitrogens with zero attached hydrogens (tertiary/aromatic N) is 1. The molecule has 0 unspecified atom stereocenters. The number of amidine groups is 1. The van der Waals surface area contributed by atoms with Crippen LogP contribution in [0.5, 0.6) is 5.75 Å². The molecule has 1 aromatic carbocycles. The van der Waals surface area contributed by atoms with Crippen LogP contribution in [0, 0.1) is 5.92 Å². The van der Waals surface area contributed by atoms with Crippen molar-refractivity contribution in [3.63, 3.8) is 0 Å². The van der Waals surface area contributed by atoms with Crippen molar-refractivity contribution in [2.45, 2.75) is 38.6 Å². The molecule has 0 saturated heterocycles. The highest BCUT2D eigenvalue weighted by Gasteiger charge is 2.22. The van der Waals surface area contributed by atoms with Crippen molar-refractivity contribution >= 4 is 22.6 Å². The molecular weight excluding hydrogens is 294 g/mol. The molecule has 1 aliphatic heterocycles. The largest absolute Gasteiger partial charge is 0.497 e. The minimum atomic E-state index is 0.460. The van der Waals surface area contributed by atoms with E-state index >= 15 is 0 Å². The normalized spacial score (nSPS) is 26.8. The van der Waals surface area contributed by atoms with E-state index in [4.69, 9.17) is 9.73 Å². The molecule has 1 heterocycles. The Balaban J connectivity index is 1.65. The van der Waals surface area contributed by atoms with E-state index in [1.165, 1.54) is 25.7 Å². The van der Waals surface area contributed by atoms with Gasteiger partial charge in [0.2, 0.25) is 0 Å². The van der Waals surface area contributed by atoms with E-state index in [0.717, 1.165) is 22.2 Å². The van der Waals surface area contributed by atoms with Crippen LogP contribution in [0.4, 0.5) is 0 Å². The zero-order chi connectivity index (χ0) is 15.4. The maximum atomic E-state index is 5.19. The molecule has 0 bridgehead atoms. The van der Waals surface area contributed by atoms with Gasteiger partial charge in [-0.2, -0.15) is 0 Å². The van der Waals surface area contributed by atoms with Gasteiger partial charge in [-0.1, -0.05) is 31.5 Å². The van der Waals surface area contributed by atoms with Crippen LogP contribution in [0.2, 0.25) is 0 Å².